The van der Waals surface area contributed by atoms with Crippen LogP contribution in [0.4, 0.5) is 11.5 Å². The largest absolute Gasteiger partial charge is 0.396 e. The average Bonchev–Trinajstić information content (AvgIpc) is 2.39. The van der Waals surface area contributed by atoms with Gasteiger partial charge < -0.3 is 10.6 Å². The quantitative estimate of drug-likeness (QED) is 0.845. The number of nitrogens with two attached hydrogens (primary N) is 1. The van der Waals surface area contributed by atoms with E-state index in [0.29, 0.717) is 11.4 Å². The number of hydrogen-bond acceptors (Lipinski definition) is 4. The smallest absolute Gasteiger partial charge is 0.165 e. The van der Waals surface area contributed by atoms with Crippen molar-refractivity contribution in [1.82, 2.24) is 4.98 Å². The first-order chi connectivity index (χ1) is 8.24. The number of nitrogen functional groups attached to an aromatic ring is 1. The Morgan fingerprint density at radius 1 is 1.59 bits per heavy atom. The van der Waals surface area contributed by atoms with Crippen LogP contribution in [0, 0.1) is 17.2 Å². The molecule has 0 radical (unpaired) electrons. The van der Waals surface area contributed by atoms with Crippen molar-refractivity contribution in [3.8, 4) is 6.07 Å². The molecule has 0 aromatic carbocycles. The molecular formula is C13H18N4. The number of nitriles is 1. The summed E-state index contributed by atoms with van der Waals surface area (Å²) in [6.45, 7) is 4.29. The third kappa shape index (κ3) is 2.50. The van der Waals surface area contributed by atoms with Crippen molar-refractivity contribution >= 4 is 11.5 Å². The van der Waals surface area contributed by atoms with Gasteiger partial charge in [-0.2, -0.15) is 5.26 Å². The van der Waals surface area contributed by atoms with Crippen LogP contribution in [0.3, 0.4) is 0 Å². The Morgan fingerprint density at radius 2 is 2.41 bits per heavy atom. The van der Waals surface area contributed by atoms with E-state index in [1.54, 1.807) is 6.07 Å². The van der Waals surface area contributed by atoms with Crippen LogP contribution in [0.5, 0.6) is 0 Å². The fourth-order valence-electron chi connectivity index (χ4n) is 2.33. The number of nitrogens with zero attached hydrogens (tertiary/aromatic N) is 3. The molecule has 2 heterocycles. The Hall–Kier alpha value is -1.76. The minimum atomic E-state index is 0.334. The van der Waals surface area contributed by atoms with E-state index in [-0.39, 0.29) is 0 Å². The molecule has 1 unspecified atom stereocenters. The van der Waals surface area contributed by atoms with Crippen LogP contribution in [0.15, 0.2) is 12.1 Å². The molecule has 1 aliphatic rings. The molecule has 1 aromatic rings. The Bertz CT molecular complexity index is 436. The van der Waals surface area contributed by atoms with E-state index in [2.05, 4.69) is 16.8 Å². The van der Waals surface area contributed by atoms with Crippen molar-refractivity contribution in [2.24, 2.45) is 5.92 Å². The molecule has 0 amide bonds. The van der Waals surface area contributed by atoms with E-state index in [4.69, 9.17) is 11.0 Å². The molecule has 1 aromatic heterocycles. The normalized spacial score (nSPS) is 20.0. The first kappa shape index (κ1) is 11.7. The summed E-state index contributed by atoms with van der Waals surface area (Å²) in [5.41, 5.74) is 6.47. The monoisotopic (exact) mass is 230 g/mol. The van der Waals surface area contributed by atoms with Crippen LogP contribution in [-0.2, 0) is 0 Å². The van der Waals surface area contributed by atoms with Crippen molar-refractivity contribution in [3.05, 3.63) is 17.8 Å². The minimum absolute atomic E-state index is 0.334. The van der Waals surface area contributed by atoms with Crippen LogP contribution < -0.4 is 10.6 Å². The molecule has 1 saturated heterocycles. The van der Waals surface area contributed by atoms with E-state index in [0.717, 1.165) is 24.8 Å². The number of aromatic nitrogens is 1. The maximum atomic E-state index is 8.93. The minimum Gasteiger partial charge on any atom is -0.396 e. The van der Waals surface area contributed by atoms with Crippen LogP contribution in [-0.4, -0.2) is 18.1 Å². The highest BCUT2D eigenvalue weighted by atomic mass is 15.2. The highest BCUT2D eigenvalue weighted by molar-refractivity contribution is 5.55. The molecule has 1 fully saturated rings. The lowest BCUT2D eigenvalue weighted by molar-refractivity contribution is 0.403. The molecule has 0 bridgehead atoms. The maximum Gasteiger partial charge on any atom is 0.165 e. The fraction of sp³-hybridized carbons (Fsp3) is 0.538. The topological polar surface area (TPSA) is 65.9 Å². The molecule has 0 spiro atoms. The molecular weight excluding hydrogens is 212 g/mol. The van der Waals surface area contributed by atoms with Gasteiger partial charge in [0.15, 0.2) is 5.69 Å². The highest BCUT2D eigenvalue weighted by Crippen LogP contribution is 2.24. The van der Waals surface area contributed by atoms with Crippen LogP contribution in [0.1, 0.15) is 31.9 Å². The molecule has 0 saturated carbocycles. The molecule has 2 N–H and O–H groups in total. The number of pyridine rings is 1. The van der Waals surface area contributed by atoms with Crippen molar-refractivity contribution in [2.45, 2.75) is 26.2 Å². The highest BCUT2D eigenvalue weighted by Gasteiger charge is 2.19. The Balaban J connectivity index is 2.19. The second kappa shape index (κ2) is 5.05. The first-order valence-corrected chi connectivity index (χ1v) is 6.16. The third-order valence-electron chi connectivity index (χ3n) is 3.44. The van der Waals surface area contributed by atoms with Gasteiger partial charge in [0.1, 0.15) is 11.9 Å². The van der Waals surface area contributed by atoms with Gasteiger partial charge >= 0.3 is 0 Å². The van der Waals surface area contributed by atoms with E-state index < -0.39 is 0 Å². The van der Waals surface area contributed by atoms with Crippen molar-refractivity contribution < 1.29 is 0 Å². The standard InChI is InChI=1S/C13H18N4/c1-2-10-4-3-7-17(9-10)13-6-5-11(15)12(8-14)16-13/h5-6,10H,2-4,7,9,15H2,1H3. The lowest BCUT2D eigenvalue weighted by atomic mass is 9.96. The lowest BCUT2D eigenvalue weighted by Gasteiger charge is -2.33. The summed E-state index contributed by atoms with van der Waals surface area (Å²) < 4.78 is 0. The van der Waals surface area contributed by atoms with Gasteiger partial charge in [-0.15, -0.1) is 0 Å². The molecule has 90 valence electrons. The van der Waals surface area contributed by atoms with Crippen LogP contribution in [0.25, 0.3) is 0 Å². The van der Waals surface area contributed by atoms with E-state index in [9.17, 15) is 0 Å². The zero-order chi connectivity index (χ0) is 12.3. The Kier molecular flexibility index (Phi) is 3.48. The summed E-state index contributed by atoms with van der Waals surface area (Å²) in [6, 6.07) is 5.72. The summed E-state index contributed by atoms with van der Waals surface area (Å²) in [5, 5.41) is 8.93. The van der Waals surface area contributed by atoms with Crippen molar-refractivity contribution in [2.75, 3.05) is 23.7 Å². The number of rotatable bonds is 2. The third-order valence-corrected chi connectivity index (χ3v) is 3.44. The zero-order valence-corrected chi connectivity index (χ0v) is 10.2. The Morgan fingerprint density at radius 3 is 3.12 bits per heavy atom. The molecule has 4 heteroatoms. The second-order valence-electron chi connectivity index (χ2n) is 4.58. The van der Waals surface area contributed by atoms with E-state index in [1.165, 1.54) is 19.3 Å². The number of hydrogen-bond donors (Lipinski definition) is 1. The van der Waals surface area contributed by atoms with Gasteiger partial charge in [0.2, 0.25) is 0 Å². The summed E-state index contributed by atoms with van der Waals surface area (Å²) in [4.78, 5) is 6.58. The zero-order valence-electron chi connectivity index (χ0n) is 10.2. The molecule has 0 aliphatic carbocycles. The van der Waals surface area contributed by atoms with Crippen molar-refractivity contribution in [1.29, 1.82) is 5.26 Å². The molecule has 1 atom stereocenters. The van der Waals surface area contributed by atoms with Gasteiger partial charge in [-0.05, 0) is 30.9 Å². The summed E-state index contributed by atoms with van der Waals surface area (Å²) in [7, 11) is 0. The SMILES string of the molecule is CCC1CCCN(c2ccc(N)c(C#N)n2)C1. The van der Waals surface area contributed by atoms with Gasteiger partial charge in [0.05, 0.1) is 5.69 Å². The van der Waals surface area contributed by atoms with Gasteiger partial charge in [-0.25, -0.2) is 4.98 Å². The molecule has 1 aliphatic heterocycles. The van der Waals surface area contributed by atoms with Gasteiger partial charge in [0, 0.05) is 13.1 Å². The maximum absolute atomic E-state index is 8.93. The molecule has 2 rings (SSSR count). The number of piperidine rings is 1. The van der Waals surface area contributed by atoms with E-state index in [1.807, 2.05) is 12.1 Å². The van der Waals surface area contributed by atoms with Crippen LogP contribution in [0.2, 0.25) is 0 Å². The first-order valence-electron chi connectivity index (χ1n) is 6.16. The predicted molar refractivity (Wildman–Crippen MR) is 68.6 cm³/mol. The van der Waals surface area contributed by atoms with Crippen LogP contribution >= 0.6 is 0 Å². The van der Waals surface area contributed by atoms with Gasteiger partial charge in [-0.3, -0.25) is 0 Å². The lowest BCUT2D eigenvalue weighted by Crippen LogP contribution is -2.35. The van der Waals surface area contributed by atoms with Gasteiger partial charge in [-0.1, -0.05) is 13.3 Å². The second-order valence-corrected chi connectivity index (χ2v) is 4.58. The predicted octanol–water partition coefficient (Wildman–Crippen LogP) is 2.16. The fourth-order valence-corrected chi connectivity index (χ4v) is 2.33. The summed E-state index contributed by atoms with van der Waals surface area (Å²) in [5.74, 6) is 1.63. The summed E-state index contributed by atoms with van der Waals surface area (Å²) >= 11 is 0. The van der Waals surface area contributed by atoms with Gasteiger partial charge in [0.25, 0.3) is 0 Å². The number of anilines is 2. The van der Waals surface area contributed by atoms with Crippen molar-refractivity contribution in [3.63, 3.8) is 0 Å². The summed E-state index contributed by atoms with van der Waals surface area (Å²) in [6.07, 6.45) is 3.70. The molecule has 17 heavy (non-hydrogen) atoms. The van der Waals surface area contributed by atoms with E-state index >= 15 is 0 Å². The average molecular weight is 230 g/mol. The molecule has 4 nitrogen and oxygen atoms in total. The Labute approximate surface area is 102 Å².